The molecular weight excluding hydrogens is 1670 g/mol. The molecule has 14 fully saturated rings. The quantitative estimate of drug-likeness (QED) is 0.0110. The Hall–Kier alpha value is -8.52. The van der Waals surface area contributed by atoms with Crippen LogP contribution in [0.15, 0.2) is 107 Å². The first-order valence-corrected chi connectivity index (χ1v) is 49.6. The average Bonchev–Trinajstić information content (AvgIpc) is 1.55. The van der Waals surface area contributed by atoms with Gasteiger partial charge in [0.05, 0.1) is 85.0 Å². The molecule has 14 saturated carbocycles. The molecule has 0 aliphatic heterocycles. The number of esters is 5. The van der Waals surface area contributed by atoms with Crippen LogP contribution in [0.2, 0.25) is 0 Å². The van der Waals surface area contributed by atoms with Gasteiger partial charge in [-0.15, -0.1) is 0 Å². The maximum atomic E-state index is 12.6. The Morgan fingerprint density at radius 3 is 0.955 bits per heavy atom. The maximum absolute atomic E-state index is 12.6. The monoisotopic (exact) mass is 1830 g/mol. The summed E-state index contributed by atoms with van der Waals surface area (Å²) in [5.74, 6) is -3.49. The van der Waals surface area contributed by atoms with Crippen molar-refractivity contribution in [3.05, 3.63) is 130 Å². The topological polar surface area (TPSA) is 327 Å². The smallest absolute Gasteiger partial charge is 0.390 e. The number of aliphatic carboxylic acids is 3. The minimum Gasteiger partial charge on any atom is -0.481 e. The third-order valence-electron chi connectivity index (χ3n) is 40.3. The molecule has 0 heterocycles. The van der Waals surface area contributed by atoms with Crippen LogP contribution in [-0.4, -0.2) is 123 Å². The molecule has 7 unspecified atom stereocenters. The second-order valence-corrected chi connectivity index (χ2v) is 49.4. The standard InChI is InChI=1S/C21H27NO2.C19H26O2.C18H24O2.C14H21NO3.C14H19NO2.C14H22O4.C12H21NO2/c1-5-24-18(23)17(22-4)21(13-16-9-7-6-8-10-16)14-19(2)11-12-20(19,3)15-21;1-17-9-10-18(17,2)14-19(13-17,12-16(20)21-3)11-15-7-5-4-6-8-15;1-16-8-9-17(16,2)13-18(12-16,11-15(19)20)10-14-6-4-3-5-7-14;1-12-4-5-13(12,2)8-14(7-12,9-15-10-16)6-11(17)18-3;1-4-17-12(16)11(9-15)10-7-13(2)5-6-14(13,3)8-10;1-12-4-5-13(12,2)9-14(8-12,6-10(15)16)7-11(17)18-3;1-10-3-4-11(10,2)7-12(6-10,8-13)5-9(14)15/h6-10,17H,5,11-15H2,1-3H3;4-8H,9-14H2,1-3H3;3-7H,8-13H2,1-2H3,(H,19,20);4-9H2,1-3H3;4-8H2,1-3H3;4-9H2,1-3H3,(H,15,16);3-8,13H2,1-2H3,(H,14,15)/t17?,19-,20+,21?;17-,18+,19?;16-,17+,18?;12-,13+,14?;13-,14+;12-,13+,14?;10-,11+,12?. The van der Waals surface area contributed by atoms with Crippen LogP contribution in [0.3, 0.4) is 0 Å². The van der Waals surface area contributed by atoms with Crippen molar-refractivity contribution < 1.29 is 82.2 Å². The number of methoxy groups -OCH3 is 3. The predicted octanol–water partition coefficient (Wildman–Crippen LogP) is 23.4. The van der Waals surface area contributed by atoms with E-state index in [9.17, 15) is 48.3 Å². The molecule has 5 N–H and O–H groups in total. The number of ether oxygens (including phenoxy) is 5. The fraction of sp³-hybridized carbons (Fsp3) is 0.723. The highest BCUT2D eigenvalue weighted by Gasteiger charge is 2.72. The molecule has 21 nitrogen and oxygen atoms in total. The van der Waals surface area contributed by atoms with E-state index in [4.69, 9.17) is 51.5 Å². The van der Waals surface area contributed by atoms with Crippen LogP contribution in [0.4, 0.5) is 0 Å². The summed E-state index contributed by atoms with van der Waals surface area (Å²) in [4.78, 5) is 111. The number of carbonyl (C=O) groups excluding carboxylic acids is 6. The maximum Gasteiger partial charge on any atom is 0.390 e. The summed E-state index contributed by atoms with van der Waals surface area (Å²) in [5, 5.41) is 36.6. The van der Waals surface area contributed by atoms with Gasteiger partial charge in [0.25, 0.3) is 0 Å². The highest BCUT2D eigenvalue weighted by molar-refractivity contribution is 5.94. The molecule has 3 aromatic rings. The van der Waals surface area contributed by atoms with E-state index in [0.717, 1.165) is 128 Å². The van der Waals surface area contributed by atoms with Crippen LogP contribution in [0.25, 0.3) is 4.85 Å². The molecule has 133 heavy (non-hydrogen) atoms. The lowest BCUT2D eigenvalue weighted by Crippen LogP contribution is -2.42. The fourth-order valence-corrected chi connectivity index (χ4v) is 30.9. The Balaban J connectivity index is 0.000000150. The number of nitrogens with two attached hydrogens (primary N) is 1. The number of nitriles is 1. The summed E-state index contributed by atoms with van der Waals surface area (Å²) in [7, 11) is 4.28. The number of carboxylic acid groups (broad SMARTS) is 3. The van der Waals surface area contributed by atoms with Crippen molar-refractivity contribution in [2.45, 2.75) is 354 Å². The number of hydrogen-bond donors (Lipinski definition) is 4. The number of hydrogen-bond acceptors (Lipinski definition) is 17. The summed E-state index contributed by atoms with van der Waals surface area (Å²) in [6.07, 6.45) is 36.9. The molecule has 21 heteroatoms. The first-order chi connectivity index (χ1) is 62.1. The Morgan fingerprint density at radius 2 is 0.669 bits per heavy atom. The summed E-state index contributed by atoms with van der Waals surface area (Å²) < 4.78 is 24.7. The van der Waals surface area contributed by atoms with E-state index in [1.165, 1.54) is 115 Å². The van der Waals surface area contributed by atoms with Crippen molar-refractivity contribution >= 4 is 53.8 Å². The lowest BCUT2D eigenvalue weighted by atomic mass is 9.53. The largest absolute Gasteiger partial charge is 0.481 e. The zero-order valence-electron chi connectivity index (χ0n) is 84.2. The predicted molar refractivity (Wildman–Crippen MR) is 513 cm³/mol. The molecule has 730 valence electrons. The van der Waals surface area contributed by atoms with Crippen molar-refractivity contribution in [3.8, 4) is 6.07 Å². The van der Waals surface area contributed by atoms with Gasteiger partial charge < -0.3 is 49.6 Å². The van der Waals surface area contributed by atoms with Gasteiger partial charge in [-0.1, -0.05) is 188 Å². The van der Waals surface area contributed by atoms with Gasteiger partial charge in [-0.05, 0) is 339 Å². The van der Waals surface area contributed by atoms with E-state index in [0.29, 0.717) is 88.9 Å². The normalized spacial score (nSPS) is 39.8. The van der Waals surface area contributed by atoms with E-state index < -0.39 is 35.3 Å². The molecular formula is C112H160N4O17. The second-order valence-electron chi connectivity index (χ2n) is 49.4. The van der Waals surface area contributed by atoms with Gasteiger partial charge in [-0.25, -0.2) is 25.9 Å². The number of isocyanates is 1. The van der Waals surface area contributed by atoms with Crippen molar-refractivity contribution in [1.82, 2.24) is 0 Å². The highest BCUT2D eigenvalue weighted by atomic mass is 16.5. The zero-order valence-corrected chi connectivity index (χ0v) is 84.2. The number of aliphatic imine (C=N–C) groups is 1. The number of rotatable bonds is 26. The van der Waals surface area contributed by atoms with Gasteiger partial charge in [0.15, 0.2) is 0 Å². The Bertz CT molecular complexity index is 4760. The molecule has 0 spiro atoms. The number of allylic oxidation sites excluding steroid dienone is 1. The third kappa shape index (κ3) is 20.7. The lowest BCUT2D eigenvalue weighted by molar-refractivity contribution is -0.147. The minimum atomic E-state index is -0.813. The van der Waals surface area contributed by atoms with Crippen LogP contribution in [0.5, 0.6) is 0 Å². The first kappa shape index (κ1) is 105. The van der Waals surface area contributed by atoms with Crippen LogP contribution in [-0.2, 0) is 86.1 Å². The summed E-state index contributed by atoms with van der Waals surface area (Å²) >= 11 is 0. The first-order valence-electron chi connectivity index (χ1n) is 49.6. The molecule has 14 aliphatic carbocycles. The van der Waals surface area contributed by atoms with Gasteiger partial charge >= 0.3 is 53.8 Å². The Kier molecular flexibility index (Phi) is 30.6. The van der Waals surface area contributed by atoms with Gasteiger partial charge in [-0.3, -0.25) is 28.8 Å². The molecule has 0 aromatic heterocycles. The SMILES string of the molecule is CCOC(=O)C(C#N)=C1C[C@]2(C)CC[C@]2(C)C1.COC(=O)CC1(CC(=O)O)C[C@]2(C)CC[C@]2(C)C1.COC(=O)CC1(CN=C=O)C[C@]2(C)CC[C@]2(C)C1.COC(=O)CC1(Cc2ccccc2)C[C@]2(C)CC[C@]2(C)C1.C[C@@]12CC[C@]1(C)CC(CC(=O)O)(Cc1ccccc1)C2.C[C@@]12CC[C@]1(C)CC(CN)(CC(=O)O)C2.[C-]#[N+]C(C(=O)OCC)C1(Cc2ccccc2)C[C@]2(C)CC[C@]2(C)C1. The number of benzene rings is 3. The van der Waals surface area contributed by atoms with Crippen LogP contribution < -0.4 is 5.73 Å². The molecule has 3 aromatic carbocycles. The minimum absolute atomic E-state index is 0.0484. The van der Waals surface area contributed by atoms with E-state index in [1.807, 2.05) is 37.3 Å². The summed E-state index contributed by atoms with van der Waals surface area (Å²) in [6.45, 7) is 45.3. The van der Waals surface area contributed by atoms with Crippen molar-refractivity contribution in [1.29, 1.82) is 5.26 Å². The summed E-state index contributed by atoms with van der Waals surface area (Å²) in [5.41, 5.74) is 14.2. The lowest BCUT2D eigenvalue weighted by Gasteiger charge is -2.52. The molecule has 0 bridgehead atoms. The highest BCUT2D eigenvalue weighted by Crippen LogP contribution is 2.78. The number of carboxylic acids is 3. The van der Waals surface area contributed by atoms with E-state index >= 15 is 0 Å². The van der Waals surface area contributed by atoms with Crippen molar-refractivity contribution in [3.63, 3.8) is 0 Å². The molecule has 14 aliphatic rings. The van der Waals surface area contributed by atoms with Crippen molar-refractivity contribution in [2.24, 2.45) is 119 Å². The molecule has 17 rings (SSSR count). The van der Waals surface area contributed by atoms with E-state index in [-0.39, 0.29) is 108 Å². The van der Waals surface area contributed by atoms with Crippen LogP contribution in [0.1, 0.15) is 346 Å². The second kappa shape index (κ2) is 38.8. The Morgan fingerprint density at radius 1 is 0.398 bits per heavy atom. The molecule has 0 radical (unpaired) electrons. The summed E-state index contributed by atoms with van der Waals surface area (Å²) in [6, 6.07) is 32.6. The van der Waals surface area contributed by atoms with Crippen LogP contribution in [0, 0.1) is 126 Å². The average molecular weight is 1830 g/mol. The Labute approximate surface area is 794 Å². The van der Waals surface area contributed by atoms with Gasteiger partial charge in [0.1, 0.15) is 11.6 Å². The van der Waals surface area contributed by atoms with Gasteiger partial charge in [0, 0.05) is 5.41 Å². The van der Waals surface area contributed by atoms with Gasteiger partial charge in [0.2, 0.25) is 6.08 Å². The molecule has 0 amide bonds. The number of carbonyl (C=O) groups is 8. The van der Waals surface area contributed by atoms with E-state index in [1.54, 1.807) is 13.0 Å². The van der Waals surface area contributed by atoms with Crippen molar-refractivity contribution in [2.75, 3.05) is 47.6 Å². The molecule has 21 atom stereocenters. The van der Waals surface area contributed by atoms with Crippen LogP contribution >= 0.6 is 0 Å². The molecule has 0 saturated heterocycles. The van der Waals surface area contributed by atoms with Gasteiger partial charge in [-0.2, -0.15) is 5.26 Å². The number of nitrogens with zero attached hydrogens (tertiary/aromatic N) is 3. The fourth-order valence-electron chi connectivity index (χ4n) is 30.9. The van der Waals surface area contributed by atoms with E-state index in [2.05, 4.69) is 173 Å². The zero-order chi connectivity index (χ0) is 98.0. The third-order valence-corrected chi connectivity index (χ3v) is 40.3. The number of fused-ring (bicyclic) bond motifs is 7.